The van der Waals surface area contributed by atoms with E-state index in [4.69, 9.17) is 4.52 Å². The molecule has 0 saturated heterocycles. The van der Waals surface area contributed by atoms with Crippen molar-refractivity contribution in [2.45, 2.75) is 19.3 Å². The van der Waals surface area contributed by atoms with Crippen molar-refractivity contribution < 1.29 is 14.1 Å². The summed E-state index contributed by atoms with van der Waals surface area (Å²) in [5.74, 6) is -0.258. The molecule has 8 nitrogen and oxygen atoms in total. The van der Waals surface area contributed by atoms with Gasteiger partial charge < -0.3 is 20.1 Å². The number of amides is 2. The predicted octanol–water partition coefficient (Wildman–Crippen LogP) is 3.89. The molecule has 5 rings (SSSR count). The minimum Gasteiger partial charge on any atom is -0.370 e. The zero-order valence-corrected chi connectivity index (χ0v) is 20.5. The van der Waals surface area contributed by atoms with E-state index in [9.17, 15) is 9.59 Å². The second-order valence-electron chi connectivity index (χ2n) is 8.94. The Bertz CT molecular complexity index is 1350. The van der Waals surface area contributed by atoms with Gasteiger partial charge in [-0.2, -0.15) is 4.98 Å². The summed E-state index contributed by atoms with van der Waals surface area (Å²) in [5.41, 5.74) is 5.30. The second kappa shape index (κ2) is 11.5. The van der Waals surface area contributed by atoms with Crippen LogP contribution in [0.25, 0.3) is 11.1 Å². The van der Waals surface area contributed by atoms with Gasteiger partial charge in [0.25, 0.3) is 17.6 Å². The van der Waals surface area contributed by atoms with E-state index in [1.54, 1.807) is 12.1 Å². The number of hydrogen-bond acceptors (Lipinski definition) is 6. The minimum absolute atomic E-state index is 0.00290. The molecule has 1 aliphatic rings. The third kappa shape index (κ3) is 6.03. The smallest absolute Gasteiger partial charge is 0.292 e. The summed E-state index contributed by atoms with van der Waals surface area (Å²) in [7, 11) is 0. The molecule has 188 valence electrons. The topological polar surface area (TPSA) is 100 Å². The standard InChI is InChI=1S/C29H29N5O3/c35-28(24-14-12-22(13-15-24)21-7-2-1-3-8-21)30-17-16-26-32-27(33-37-26)29(36)31-18-20-34-19-6-10-23-9-4-5-11-25(23)34/h1-5,7-9,11-15H,6,10,16-20H2,(H,30,35)(H,31,36). The van der Waals surface area contributed by atoms with Crippen molar-refractivity contribution in [3.63, 3.8) is 0 Å². The van der Waals surface area contributed by atoms with Crippen LogP contribution in [0, 0.1) is 0 Å². The molecule has 0 aliphatic carbocycles. The molecule has 8 heteroatoms. The molecule has 0 atom stereocenters. The Morgan fingerprint density at radius 3 is 2.41 bits per heavy atom. The average Bonchev–Trinajstić information content (AvgIpc) is 3.43. The van der Waals surface area contributed by atoms with E-state index in [1.165, 1.54) is 11.3 Å². The summed E-state index contributed by atoms with van der Waals surface area (Å²) in [6.07, 6.45) is 2.53. The van der Waals surface area contributed by atoms with Crippen LogP contribution in [-0.4, -0.2) is 48.1 Å². The number of carbonyl (C=O) groups is 2. The van der Waals surface area contributed by atoms with Gasteiger partial charge in [-0.3, -0.25) is 9.59 Å². The molecule has 4 aromatic rings. The molecule has 1 aromatic heterocycles. The van der Waals surface area contributed by atoms with Crippen molar-refractivity contribution in [2.24, 2.45) is 0 Å². The molecule has 2 heterocycles. The van der Waals surface area contributed by atoms with Gasteiger partial charge in [-0.1, -0.05) is 65.8 Å². The monoisotopic (exact) mass is 495 g/mol. The molecular weight excluding hydrogens is 466 g/mol. The van der Waals surface area contributed by atoms with E-state index < -0.39 is 0 Å². The molecule has 1 aliphatic heterocycles. The normalized spacial score (nSPS) is 12.6. The molecule has 0 spiro atoms. The van der Waals surface area contributed by atoms with Crippen LogP contribution in [0.15, 0.2) is 83.4 Å². The van der Waals surface area contributed by atoms with Crippen molar-refractivity contribution in [3.05, 3.63) is 102 Å². The molecule has 3 aromatic carbocycles. The molecule has 2 N–H and O–H groups in total. The lowest BCUT2D eigenvalue weighted by molar-refractivity contribution is 0.0937. The van der Waals surface area contributed by atoms with Crippen molar-refractivity contribution in [3.8, 4) is 11.1 Å². The maximum absolute atomic E-state index is 12.5. The van der Waals surface area contributed by atoms with E-state index in [0.29, 0.717) is 37.5 Å². The Balaban J connectivity index is 1.06. The Hall–Kier alpha value is -4.46. The second-order valence-corrected chi connectivity index (χ2v) is 8.94. The summed E-state index contributed by atoms with van der Waals surface area (Å²) in [6, 6.07) is 25.8. The van der Waals surface area contributed by atoms with Crippen molar-refractivity contribution >= 4 is 17.5 Å². The SMILES string of the molecule is O=C(NCCc1nc(C(=O)NCCN2CCCc3ccccc32)no1)c1ccc(-c2ccccc2)cc1. The lowest BCUT2D eigenvalue weighted by Crippen LogP contribution is -2.37. The molecule has 0 saturated carbocycles. The van der Waals surface area contributed by atoms with Crippen LogP contribution in [0.4, 0.5) is 5.69 Å². The number of nitrogens with zero attached hydrogens (tertiary/aromatic N) is 3. The number of anilines is 1. The summed E-state index contributed by atoms with van der Waals surface area (Å²) in [5, 5.41) is 9.51. The predicted molar refractivity (Wildman–Crippen MR) is 142 cm³/mol. The highest BCUT2D eigenvalue weighted by Crippen LogP contribution is 2.26. The first-order valence-electron chi connectivity index (χ1n) is 12.5. The van der Waals surface area contributed by atoms with E-state index in [1.807, 2.05) is 48.5 Å². The van der Waals surface area contributed by atoms with E-state index >= 15 is 0 Å². The van der Waals surface area contributed by atoms with Crippen LogP contribution < -0.4 is 15.5 Å². The summed E-state index contributed by atoms with van der Waals surface area (Å²) >= 11 is 0. The number of aryl methyl sites for hydroxylation is 1. The Labute approximate surface area is 215 Å². The number of aromatic nitrogens is 2. The van der Waals surface area contributed by atoms with Crippen LogP contribution in [0.2, 0.25) is 0 Å². The van der Waals surface area contributed by atoms with Crippen molar-refractivity contribution in [2.75, 3.05) is 31.1 Å². The third-order valence-corrected chi connectivity index (χ3v) is 6.42. The lowest BCUT2D eigenvalue weighted by Gasteiger charge is -2.31. The number of fused-ring (bicyclic) bond motifs is 1. The first-order chi connectivity index (χ1) is 18.2. The van der Waals surface area contributed by atoms with Gasteiger partial charge in [0.05, 0.1) is 0 Å². The van der Waals surface area contributed by atoms with Gasteiger partial charge >= 0.3 is 0 Å². The summed E-state index contributed by atoms with van der Waals surface area (Å²) in [4.78, 5) is 31.4. The lowest BCUT2D eigenvalue weighted by atomic mass is 10.0. The van der Waals surface area contributed by atoms with Crippen LogP contribution in [0.5, 0.6) is 0 Å². The number of benzene rings is 3. The fourth-order valence-electron chi connectivity index (χ4n) is 4.51. The van der Waals surface area contributed by atoms with Gasteiger partial charge in [-0.15, -0.1) is 0 Å². The quantitative estimate of drug-likeness (QED) is 0.365. The van der Waals surface area contributed by atoms with Gasteiger partial charge in [0, 0.05) is 43.9 Å². The summed E-state index contributed by atoms with van der Waals surface area (Å²) in [6.45, 7) is 2.49. The Kier molecular flexibility index (Phi) is 7.55. The Morgan fingerprint density at radius 2 is 1.57 bits per heavy atom. The molecule has 0 radical (unpaired) electrons. The minimum atomic E-state index is -0.372. The van der Waals surface area contributed by atoms with Crippen molar-refractivity contribution in [1.29, 1.82) is 0 Å². The van der Waals surface area contributed by atoms with Gasteiger partial charge in [0.15, 0.2) is 0 Å². The van der Waals surface area contributed by atoms with Crippen LogP contribution in [0.1, 0.15) is 38.9 Å². The fourth-order valence-corrected chi connectivity index (χ4v) is 4.51. The first kappa shape index (κ1) is 24.2. The van der Waals surface area contributed by atoms with Gasteiger partial charge in [0.2, 0.25) is 5.89 Å². The molecule has 2 amide bonds. The molecule has 0 unspecified atom stereocenters. The fraction of sp³-hybridized carbons (Fsp3) is 0.241. The number of hydrogen-bond donors (Lipinski definition) is 2. The summed E-state index contributed by atoms with van der Waals surface area (Å²) < 4.78 is 5.20. The zero-order chi connectivity index (χ0) is 25.5. The zero-order valence-electron chi connectivity index (χ0n) is 20.5. The van der Waals surface area contributed by atoms with Crippen LogP contribution >= 0.6 is 0 Å². The highest BCUT2D eigenvalue weighted by atomic mass is 16.5. The average molecular weight is 496 g/mol. The molecule has 37 heavy (non-hydrogen) atoms. The van der Waals surface area contributed by atoms with E-state index in [-0.39, 0.29) is 17.6 Å². The number of para-hydroxylation sites is 1. The maximum Gasteiger partial charge on any atom is 0.292 e. The van der Waals surface area contributed by atoms with Crippen molar-refractivity contribution in [1.82, 2.24) is 20.8 Å². The van der Waals surface area contributed by atoms with Gasteiger partial charge in [-0.25, -0.2) is 0 Å². The highest BCUT2D eigenvalue weighted by Gasteiger charge is 2.18. The number of rotatable bonds is 9. The Morgan fingerprint density at radius 1 is 0.838 bits per heavy atom. The number of nitrogens with one attached hydrogen (secondary N) is 2. The van der Waals surface area contributed by atoms with Crippen LogP contribution in [0.3, 0.4) is 0 Å². The largest absolute Gasteiger partial charge is 0.370 e. The van der Waals surface area contributed by atoms with Gasteiger partial charge in [-0.05, 0) is 47.7 Å². The van der Waals surface area contributed by atoms with Crippen LogP contribution in [-0.2, 0) is 12.8 Å². The van der Waals surface area contributed by atoms with Gasteiger partial charge in [0.1, 0.15) is 0 Å². The van der Waals surface area contributed by atoms with E-state index in [0.717, 1.165) is 30.5 Å². The molecular formula is C29H29N5O3. The van der Waals surface area contributed by atoms with E-state index in [2.05, 4.69) is 43.9 Å². The first-order valence-corrected chi connectivity index (χ1v) is 12.5. The molecule has 0 fully saturated rings. The number of carbonyl (C=O) groups excluding carboxylic acids is 2. The maximum atomic E-state index is 12.5. The highest BCUT2D eigenvalue weighted by molar-refractivity contribution is 5.94. The molecule has 0 bridgehead atoms. The third-order valence-electron chi connectivity index (χ3n) is 6.42.